The summed E-state index contributed by atoms with van der Waals surface area (Å²) in [6, 6.07) is 5.21. The van der Waals surface area contributed by atoms with E-state index >= 15 is 0 Å². The molecule has 1 aromatic rings. The summed E-state index contributed by atoms with van der Waals surface area (Å²) in [4.78, 5) is 23.3. The van der Waals surface area contributed by atoms with Crippen LogP contribution < -0.4 is 14.8 Å². The van der Waals surface area contributed by atoms with Crippen molar-refractivity contribution in [3.8, 4) is 11.5 Å². The third-order valence-electron chi connectivity index (χ3n) is 3.70. The molecule has 0 saturated heterocycles. The highest BCUT2D eigenvalue weighted by Crippen LogP contribution is 2.30. The molecule has 1 aromatic carbocycles. The molecule has 0 aromatic heterocycles. The second-order valence-corrected chi connectivity index (χ2v) is 5.58. The highest BCUT2D eigenvalue weighted by Gasteiger charge is 2.14. The summed E-state index contributed by atoms with van der Waals surface area (Å²) in [5.41, 5.74) is 0.571. The SMILES string of the molecule is CCOC(=O)CCCCCCNC(=O)c1ccc2c(c1)OCCO2. The molecule has 1 aliphatic rings. The van der Waals surface area contributed by atoms with Gasteiger partial charge < -0.3 is 19.5 Å². The zero-order valence-electron chi connectivity index (χ0n) is 14.1. The number of nitrogens with one attached hydrogen (secondary N) is 1. The minimum absolute atomic E-state index is 0.113. The molecule has 0 fully saturated rings. The summed E-state index contributed by atoms with van der Waals surface area (Å²) < 4.78 is 15.8. The summed E-state index contributed by atoms with van der Waals surface area (Å²) in [7, 11) is 0. The van der Waals surface area contributed by atoms with E-state index in [1.807, 2.05) is 6.92 Å². The average molecular weight is 335 g/mol. The minimum atomic E-state index is -0.135. The third kappa shape index (κ3) is 5.76. The predicted molar refractivity (Wildman–Crippen MR) is 89.5 cm³/mol. The van der Waals surface area contributed by atoms with E-state index in [9.17, 15) is 9.59 Å². The van der Waals surface area contributed by atoms with E-state index in [1.165, 1.54) is 0 Å². The van der Waals surface area contributed by atoms with Crippen molar-refractivity contribution in [1.29, 1.82) is 0 Å². The molecule has 2 rings (SSSR count). The molecule has 1 heterocycles. The van der Waals surface area contributed by atoms with Crippen molar-refractivity contribution in [2.24, 2.45) is 0 Å². The minimum Gasteiger partial charge on any atom is -0.486 e. The van der Waals surface area contributed by atoms with Gasteiger partial charge in [-0.25, -0.2) is 0 Å². The maximum Gasteiger partial charge on any atom is 0.305 e. The number of ether oxygens (including phenoxy) is 3. The van der Waals surface area contributed by atoms with Gasteiger partial charge in [-0.3, -0.25) is 9.59 Å². The van der Waals surface area contributed by atoms with Crippen LogP contribution in [0.5, 0.6) is 11.5 Å². The van der Waals surface area contributed by atoms with Gasteiger partial charge in [0.05, 0.1) is 6.61 Å². The van der Waals surface area contributed by atoms with Crippen molar-refractivity contribution in [2.75, 3.05) is 26.4 Å². The Morgan fingerprint density at radius 2 is 1.83 bits per heavy atom. The standard InChI is InChI=1S/C18H25NO5/c1-2-22-17(20)7-5-3-4-6-10-19-18(21)14-8-9-15-16(13-14)24-12-11-23-15/h8-9,13H,2-7,10-12H2,1H3,(H,19,21). The zero-order valence-corrected chi connectivity index (χ0v) is 14.1. The lowest BCUT2D eigenvalue weighted by molar-refractivity contribution is -0.143. The normalized spacial score (nSPS) is 12.5. The number of fused-ring (bicyclic) bond motifs is 1. The zero-order chi connectivity index (χ0) is 17.2. The average Bonchev–Trinajstić information content (AvgIpc) is 2.60. The van der Waals surface area contributed by atoms with Crippen molar-refractivity contribution in [2.45, 2.75) is 39.0 Å². The summed E-state index contributed by atoms with van der Waals surface area (Å²) in [6.45, 7) is 3.90. The molecule has 6 heteroatoms. The Kier molecular flexibility index (Phi) is 7.39. The van der Waals surface area contributed by atoms with E-state index in [-0.39, 0.29) is 11.9 Å². The number of carbonyl (C=O) groups is 2. The lowest BCUT2D eigenvalue weighted by Gasteiger charge is -2.18. The van der Waals surface area contributed by atoms with Crippen LogP contribution in [0.1, 0.15) is 49.4 Å². The van der Waals surface area contributed by atoms with Crippen LogP contribution in [0.25, 0.3) is 0 Å². The molecule has 0 atom stereocenters. The van der Waals surface area contributed by atoms with Crippen molar-refractivity contribution in [3.63, 3.8) is 0 Å². The number of benzene rings is 1. The Morgan fingerprint density at radius 1 is 1.08 bits per heavy atom. The molecule has 0 spiro atoms. The number of unbranched alkanes of at least 4 members (excludes halogenated alkanes) is 3. The molecule has 1 amide bonds. The van der Waals surface area contributed by atoms with Crippen molar-refractivity contribution in [3.05, 3.63) is 23.8 Å². The van der Waals surface area contributed by atoms with Crippen molar-refractivity contribution >= 4 is 11.9 Å². The quantitative estimate of drug-likeness (QED) is 0.555. The first-order valence-electron chi connectivity index (χ1n) is 8.54. The van der Waals surface area contributed by atoms with Crippen LogP contribution in [0.3, 0.4) is 0 Å². The second-order valence-electron chi connectivity index (χ2n) is 5.58. The molecule has 0 saturated carbocycles. The molecule has 0 unspecified atom stereocenters. The van der Waals surface area contributed by atoms with Gasteiger partial charge in [-0.1, -0.05) is 12.8 Å². The molecule has 0 radical (unpaired) electrons. The van der Waals surface area contributed by atoms with E-state index in [0.29, 0.717) is 49.8 Å². The van der Waals surface area contributed by atoms with Gasteiger partial charge >= 0.3 is 5.97 Å². The number of hydrogen-bond acceptors (Lipinski definition) is 5. The predicted octanol–water partition coefficient (Wildman–Crippen LogP) is 2.70. The Hall–Kier alpha value is -2.24. The van der Waals surface area contributed by atoms with Crippen LogP contribution in [0.2, 0.25) is 0 Å². The maximum atomic E-state index is 12.1. The summed E-state index contributed by atoms with van der Waals surface area (Å²) in [5.74, 6) is 1.05. The Labute approximate surface area is 142 Å². The van der Waals surface area contributed by atoms with E-state index in [2.05, 4.69) is 5.32 Å². The van der Waals surface area contributed by atoms with Gasteiger partial charge in [0.2, 0.25) is 0 Å². The van der Waals surface area contributed by atoms with Gasteiger partial charge in [0.1, 0.15) is 13.2 Å². The van der Waals surface area contributed by atoms with Gasteiger partial charge in [-0.15, -0.1) is 0 Å². The highest BCUT2D eigenvalue weighted by atomic mass is 16.6. The lowest BCUT2D eigenvalue weighted by Crippen LogP contribution is -2.25. The molecule has 0 bridgehead atoms. The van der Waals surface area contributed by atoms with Crippen LogP contribution in [0.4, 0.5) is 0 Å². The van der Waals surface area contributed by atoms with Gasteiger partial charge in [0.15, 0.2) is 11.5 Å². The smallest absolute Gasteiger partial charge is 0.305 e. The molecule has 0 aliphatic carbocycles. The number of amides is 1. The fourth-order valence-electron chi connectivity index (χ4n) is 2.47. The van der Waals surface area contributed by atoms with Crippen molar-refractivity contribution in [1.82, 2.24) is 5.32 Å². The van der Waals surface area contributed by atoms with Crippen LogP contribution in [0, 0.1) is 0 Å². The molecular formula is C18H25NO5. The fraction of sp³-hybridized carbons (Fsp3) is 0.556. The number of hydrogen-bond donors (Lipinski definition) is 1. The van der Waals surface area contributed by atoms with Crippen molar-refractivity contribution < 1.29 is 23.8 Å². The Morgan fingerprint density at radius 3 is 2.62 bits per heavy atom. The summed E-state index contributed by atoms with van der Waals surface area (Å²) >= 11 is 0. The first-order chi connectivity index (χ1) is 11.7. The van der Waals surface area contributed by atoms with E-state index in [1.54, 1.807) is 18.2 Å². The molecular weight excluding hydrogens is 310 g/mol. The van der Waals surface area contributed by atoms with Gasteiger partial charge in [-0.05, 0) is 38.0 Å². The molecule has 132 valence electrons. The first-order valence-corrected chi connectivity index (χ1v) is 8.54. The Bertz CT molecular complexity index is 558. The van der Waals surface area contributed by atoms with Gasteiger partial charge in [0.25, 0.3) is 5.91 Å². The Balaban J connectivity index is 1.61. The number of carbonyl (C=O) groups excluding carboxylic acids is 2. The van der Waals surface area contributed by atoms with Crippen LogP contribution >= 0.6 is 0 Å². The van der Waals surface area contributed by atoms with Crippen LogP contribution in [0.15, 0.2) is 18.2 Å². The summed E-state index contributed by atoms with van der Waals surface area (Å²) in [6.07, 6.45) is 4.12. The van der Waals surface area contributed by atoms with Gasteiger partial charge in [-0.2, -0.15) is 0 Å². The molecule has 1 N–H and O–H groups in total. The maximum absolute atomic E-state index is 12.1. The number of esters is 1. The number of rotatable bonds is 9. The fourth-order valence-corrected chi connectivity index (χ4v) is 2.47. The molecule has 6 nitrogen and oxygen atoms in total. The topological polar surface area (TPSA) is 73.9 Å². The molecule has 24 heavy (non-hydrogen) atoms. The van der Waals surface area contributed by atoms with E-state index < -0.39 is 0 Å². The largest absolute Gasteiger partial charge is 0.486 e. The van der Waals surface area contributed by atoms with Gasteiger partial charge in [0, 0.05) is 18.5 Å². The lowest BCUT2D eigenvalue weighted by atomic mass is 10.1. The van der Waals surface area contributed by atoms with E-state index in [0.717, 1.165) is 25.7 Å². The first kappa shape index (κ1) is 18.1. The summed E-state index contributed by atoms with van der Waals surface area (Å²) in [5, 5.41) is 2.90. The monoisotopic (exact) mass is 335 g/mol. The third-order valence-corrected chi connectivity index (χ3v) is 3.70. The molecule has 1 aliphatic heterocycles. The van der Waals surface area contributed by atoms with E-state index in [4.69, 9.17) is 14.2 Å². The second kappa shape index (κ2) is 9.80. The van der Waals surface area contributed by atoms with Crippen LogP contribution in [-0.2, 0) is 9.53 Å². The van der Waals surface area contributed by atoms with Crippen LogP contribution in [-0.4, -0.2) is 38.2 Å². The highest BCUT2D eigenvalue weighted by molar-refractivity contribution is 5.94.